The number of rotatable bonds is 12. The number of hydrogen-bond donors (Lipinski definition) is 4. The molecule has 0 spiro atoms. The van der Waals surface area contributed by atoms with Crippen molar-refractivity contribution in [3.8, 4) is 24.7 Å². The van der Waals surface area contributed by atoms with Crippen LogP contribution in [0, 0.1) is 38.5 Å². The zero-order chi connectivity index (χ0) is 58.9. The molecule has 2 heterocycles. The summed E-state index contributed by atoms with van der Waals surface area (Å²) in [5.74, 6) is 3.59. The third-order valence-electron chi connectivity index (χ3n) is 12.2. The first-order valence-corrected chi connectivity index (χ1v) is 26.0. The van der Waals surface area contributed by atoms with Crippen LogP contribution in [-0.4, -0.2) is 133 Å². The number of alkyl halides is 7. The number of benzene rings is 4. The number of nitrogens with one attached hydrogen (secondary N) is 3. The first-order chi connectivity index (χ1) is 36.9. The molecule has 0 aliphatic carbocycles. The molecule has 2 aliphatic heterocycles. The topological polar surface area (TPSA) is 162 Å². The molecule has 0 unspecified atom stereocenters. The second-order valence-electron chi connectivity index (χ2n) is 20.7. The maximum Gasteiger partial charge on any atom is 0.416 e. The normalized spacial score (nSPS) is 14.3. The molecule has 0 radical (unpaired) electrons. The molecule has 79 heavy (non-hydrogen) atoms. The molecule has 2 fully saturated rings. The number of nitrogens with zero attached hydrogens (tertiary/aromatic N) is 4. The number of carbonyl (C=O) groups excluding carboxylic acids is 4. The van der Waals surface area contributed by atoms with Crippen LogP contribution in [-0.2, 0) is 34.3 Å². The molecule has 2 saturated heterocycles. The van der Waals surface area contributed by atoms with Crippen LogP contribution in [0.25, 0.3) is 0 Å². The molecule has 0 bridgehead atoms. The van der Waals surface area contributed by atoms with Gasteiger partial charge in [0.1, 0.15) is 11.2 Å². The molecule has 4 amide bonds. The van der Waals surface area contributed by atoms with Crippen molar-refractivity contribution in [1.29, 1.82) is 0 Å². The van der Waals surface area contributed by atoms with E-state index in [1.807, 2.05) is 48.5 Å². The third kappa shape index (κ3) is 21.1. The van der Waals surface area contributed by atoms with Gasteiger partial charge in [-0.3, -0.25) is 19.4 Å². The summed E-state index contributed by atoms with van der Waals surface area (Å²) in [6.45, 7) is 23.1. The van der Waals surface area contributed by atoms with Crippen LogP contribution < -0.4 is 21.7 Å². The van der Waals surface area contributed by atoms with Gasteiger partial charge in [0, 0.05) is 125 Å². The van der Waals surface area contributed by atoms with E-state index in [1.54, 1.807) is 41.0 Å². The van der Waals surface area contributed by atoms with E-state index in [1.165, 1.54) is 36.4 Å². The number of terminal acetylenes is 2. The third-order valence-corrected chi connectivity index (χ3v) is 12.5. The number of amides is 4. The van der Waals surface area contributed by atoms with Gasteiger partial charge in [-0.05, 0) is 126 Å². The Morgan fingerprint density at radius 2 is 0.987 bits per heavy atom. The number of nitrogens with two attached hydrogens (primary N) is 1. The molecular formula is C58H71ClF6N8O6. The van der Waals surface area contributed by atoms with E-state index in [-0.39, 0.29) is 58.2 Å². The molecule has 2 aliphatic rings. The Labute approximate surface area is 464 Å². The molecule has 14 nitrogen and oxygen atoms in total. The van der Waals surface area contributed by atoms with Crippen molar-refractivity contribution in [1.82, 2.24) is 24.9 Å². The molecule has 21 heteroatoms. The SMILES string of the molecule is C#Cc1cc(C(=O)Nc2ccc(CCl)c(C(F)(F)F)c2)ccc1C.C#Cc1cc(C(=O)Nc2ccc(CNCCN3CCN(C(=O)OC(C)(C)C)CC3)c(C(F)(F)F)c2)ccc1C.CC(C)(C)OC(=O)N1CCN(CCN)CC1. The number of carbonyl (C=O) groups is 4. The van der Waals surface area contributed by atoms with E-state index in [2.05, 4.69) is 37.6 Å². The highest BCUT2D eigenvalue weighted by Crippen LogP contribution is 2.36. The predicted octanol–water partition coefficient (Wildman–Crippen LogP) is 10.4. The maximum absolute atomic E-state index is 13.8. The minimum Gasteiger partial charge on any atom is -0.444 e. The van der Waals surface area contributed by atoms with Crippen molar-refractivity contribution < 1.29 is 55.0 Å². The number of aryl methyl sites for hydroxylation is 2. The molecule has 4 aromatic carbocycles. The second kappa shape index (κ2) is 28.9. The Morgan fingerprint density at radius 3 is 1.35 bits per heavy atom. The Morgan fingerprint density at radius 1 is 0.595 bits per heavy atom. The number of halogens is 7. The minimum atomic E-state index is -4.59. The molecule has 0 aromatic heterocycles. The van der Waals surface area contributed by atoms with Gasteiger partial charge in [-0.25, -0.2) is 9.59 Å². The highest BCUT2D eigenvalue weighted by Gasteiger charge is 2.35. The van der Waals surface area contributed by atoms with E-state index in [0.717, 1.165) is 56.0 Å². The Hall–Kier alpha value is -6.81. The van der Waals surface area contributed by atoms with Gasteiger partial charge in [0.05, 0.1) is 11.1 Å². The Balaban J connectivity index is 0.000000284. The van der Waals surface area contributed by atoms with E-state index in [0.29, 0.717) is 56.9 Å². The summed E-state index contributed by atoms with van der Waals surface area (Å²) in [5, 5.41) is 8.05. The fourth-order valence-corrected chi connectivity index (χ4v) is 8.19. The molecule has 6 rings (SSSR count). The summed E-state index contributed by atoms with van der Waals surface area (Å²) in [5.41, 5.74) is 6.24. The summed E-state index contributed by atoms with van der Waals surface area (Å²) < 4.78 is 91.3. The van der Waals surface area contributed by atoms with Gasteiger partial charge in [0.15, 0.2) is 0 Å². The monoisotopic (exact) mass is 1120 g/mol. The smallest absolute Gasteiger partial charge is 0.416 e. The van der Waals surface area contributed by atoms with Crippen molar-refractivity contribution in [3.05, 3.63) is 128 Å². The van der Waals surface area contributed by atoms with Gasteiger partial charge in [0.25, 0.3) is 11.8 Å². The van der Waals surface area contributed by atoms with Crippen LogP contribution in [0.4, 0.5) is 47.3 Å². The highest BCUT2D eigenvalue weighted by molar-refractivity contribution is 6.17. The summed E-state index contributed by atoms with van der Waals surface area (Å²) >= 11 is 5.53. The van der Waals surface area contributed by atoms with Crippen molar-refractivity contribution in [2.24, 2.45) is 5.73 Å². The number of anilines is 2. The van der Waals surface area contributed by atoms with Crippen molar-refractivity contribution in [3.63, 3.8) is 0 Å². The predicted molar refractivity (Wildman–Crippen MR) is 296 cm³/mol. The fourth-order valence-electron chi connectivity index (χ4n) is 7.95. The van der Waals surface area contributed by atoms with E-state index >= 15 is 0 Å². The first-order valence-electron chi connectivity index (χ1n) is 25.5. The van der Waals surface area contributed by atoms with E-state index in [4.69, 9.17) is 39.7 Å². The van der Waals surface area contributed by atoms with E-state index in [9.17, 15) is 45.5 Å². The average molecular weight is 1130 g/mol. The average Bonchev–Trinajstić information content (AvgIpc) is 3.39. The first kappa shape index (κ1) is 64.7. The number of piperazine rings is 2. The Bertz CT molecular complexity index is 2820. The minimum absolute atomic E-state index is 0.0183. The van der Waals surface area contributed by atoms with Crippen LogP contribution in [0.3, 0.4) is 0 Å². The number of ether oxygens (including phenoxy) is 2. The zero-order valence-corrected chi connectivity index (χ0v) is 46.7. The quantitative estimate of drug-likeness (QED) is 0.0465. The lowest BCUT2D eigenvalue weighted by Crippen LogP contribution is -2.51. The van der Waals surface area contributed by atoms with Crippen molar-refractivity contribution >= 4 is 47.0 Å². The van der Waals surface area contributed by atoms with Gasteiger partial charge in [0.2, 0.25) is 0 Å². The van der Waals surface area contributed by atoms with Crippen LogP contribution in [0.15, 0.2) is 72.8 Å². The van der Waals surface area contributed by atoms with E-state index < -0.39 is 46.5 Å². The maximum atomic E-state index is 13.8. The van der Waals surface area contributed by atoms with Crippen LogP contribution in [0.2, 0.25) is 0 Å². The van der Waals surface area contributed by atoms with Gasteiger partial charge >= 0.3 is 24.5 Å². The molecular weight excluding hydrogens is 1050 g/mol. The molecule has 0 atom stereocenters. The molecule has 428 valence electrons. The lowest BCUT2D eigenvalue weighted by atomic mass is 10.0. The standard InChI is InChI=1S/C29H35F3N4O3.C18H13ClF3NO.C11H23N3O2/c1-6-21-17-22(8-7-20(21)2)26(37)34-24-10-9-23(25(18-24)29(30,31)32)19-33-11-12-35-13-15-36(16-14-35)27(38)39-28(3,4)5;1-3-12-8-13(5-4-11(12)2)17(24)23-15-7-6-14(10-19)16(9-15)18(20,21)22;1-11(2,3)16-10(15)14-8-6-13(5-4-12)7-9-14/h1,7-10,17-18,33H,11-16,19H2,2-5H3,(H,34,37);1,4-9H,10H2,2H3,(H,23,24);4-9,12H2,1-3H3. The molecule has 4 aromatic rings. The van der Waals surface area contributed by atoms with Crippen molar-refractivity contribution in [2.45, 2.75) is 91.4 Å². The zero-order valence-electron chi connectivity index (χ0n) is 45.9. The van der Waals surface area contributed by atoms with Crippen molar-refractivity contribution in [2.75, 3.05) is 89.2 Å². The fraction of sp³-hybridized carbons (Fsp3) is 0.448. The van der Waals surface area contributed by atoms with Gasteiger partial charge in [-0.2, -0.15) is 26.3 Å². The van der Waals surface area contributed by atoms with Crippen LogP contribution in [0.5, 0.6) is 0 Å². The van der Waals surface area contributed by atoms with Crippen LogP contribution >= 0.6 is 11.6 Å². The number of hydrogen-bond acceptors (Lipinski definition) is 10. The summed E-state index contributed by atoms with van der Waals surface area (Å²) in [6, 6.07) is 16.8. The molecule has 5 N–H and O–H groups in total. The Kier molecular flexibility index (Phi) is 23.7. The van der Waals surface area contributed by atoms with Crippen LogP contribution in [0.1, 0.15) is 107 Å². The summed E-state index contributed by atoms with van der Waals surface area (Å²) in [7, 11) is 0. The second-order valence-corrected chi connectivity index (χ2v) is 21.0. The van der Waals surface area contributed by atoms with Gasteiger partial charge in [-0.1, -0.05) is 36.1 Å². The van der Waals surface area contributed by atoms with Gasteiger partial charge < -0.3 is 41.0 Å². The largest absolute Gasteiger partial charge is 0.444 e. The highest BCUT2D eigenvalue weighted by atomic mass is 35.5. The summed E-state index contributed by atoms with van der Waals surface area (Å²) in [4.78, 5) is 56.6. The van der Waals surface area contributed by atoms with Gasteiger partial charge in [-0.15, -0.1) is 24.4 Å². The summed E-state index contributed by atoms with van der Waals surface area (Å²) in [6.07, 6.45) is 1.12. The lowest BCUT2D eigenvalue weighted by molar-refractivity contribution is -0.139. The molecule has 0 saturated carbocycles. The lowest BCUT2D eigenvalue weighted by Gasteiger charge is -2.35.